The lowest BCUT2D eigenvalue weighted by molar-refractivity contribution is -0.145. The monoisotopic (exact) mass is 225 g/mol. The third-order valence-corrected chi connectivity index (χ3v) is 4.05. The van der Waals surface area contributed by atoms with Crippen molar-refractivity contribution in [3.8, 4) is 0 Å². The second kappa shape index (κ2) is 3.90. The zero-order chi connectivity index (χ0) is 11.0. The lowest BCUT2D eigenvalue weighted by Gasteiger charge is -2.39. The molecular weight excluding hydrogens is 210 g/mol. The van der Waals surface area contributed by atoms with Gasteiger partial charge in [-0.15, -0.1) is 11.3 Å². The molecule has 1 saturated heterocycles. The fraction of sp³-hybridized carbons (Fsp3) is 0.600. The normalized spacial score (nSPS) is 22.7. The molecule has 2 heterocycles. The van der Waals surface area contributed by atoms with Gasteiger partial charge in [-0.1, -0.05) is 6.92 Å². The van der Waals surface area contributed by atoms with Gasteiger partial charge in [0.15, 0.2) is 0 Å². The standard InChI is InChI=1S/C10H15N3OS/c1-3-7-4-12-9(15-7)6(2)13-5-8(11)10(13)14/h4,6,8H,3,5,11H2,1-2H3. The molecule has 1 aliphatic rings. The zero-order valence-corrected chi connectivity index (χ0v) is 9.75. The molecule has 15 heavy (non-hydrogen) atoms. The molecule has 2 N–H and O–H groups in total. The van der Waals surface area contributed by atoms with Crippen LogP contribution >= 0.6 is 11.3 Å². The second-order valence-corrected chi connectivity index (χ2v) is 4.94. The minimum Gasteiger partial charge on any atom is -0.330 e. The highest BCUT2D eigenvalue weighted by atomic mass is 32.1. The highest BCUT2D eigenvalue weighted by molar-refractivity contribution is 7.11. The van der Waals surface area contributed by atoms with Gasteiger partial charge in [0.25, 0.3) is 0 Å². The first-order valence-corrected chi connectivity index (χ1v) is 5.95. The van der Waals surface area contributed by atoms with Crippen molar-refractivity contribution in [3.63, 3.8) is 0 Å². The van der Waals surface area contributed by atoms with E-state index in [4.69, 9.17) is 5.73 Å². The lowest BCUT2D eigenvalue weighted by atomic mass is 10.1. The summed E-state index contributed by atoms with van der Waals surface area (Å²) in [6.45, 7) is 4.76. The Morgan fingerprint density at radius 2 is 2.53 bits per heavy atom. The fourth-order valence-corrected chi connectivity index (χ4v) is 2.56. The predicted molar refractivity (Wildman–Crippen MR) is 59.6 cm³/mol. The quantitative estimate of drug-likeness (QED) is 0.779. The van der Waals surface area contributed by atoms with Gasteiger partial charge in [-0.25, -0.2) is 4.98 Å². The zero-order valence-electron chi connectivity index (χ0n) is 8.93. The van der Waals surface area contributed by atoms with Crippen molar-refractivity contribution in [2.24, 2.45) is 5.73 Å². The van der Waals surface area contributed by atoms with Gasteiger partial charge in [-0.05, 0) is 13.3 Å². The summed E-state index contributed by atoms with van der Waals surface area (Å²) in [4.78, 5) is 18.8. The summed E-state index contributed by atoms with van der Waals surface area (Å²) in [7, 11) is 0. The summed E-state index contributed by atoms with van der Waals surface area (Å²) in [5, 5.41) is 1.01. The van der Waals surface area contributed by atoms with Crippen LogP contribution in [0.2, 0.25) is 0 Å². The summed E-state index contributed by atoms with van der Waals surface area (Å²) < 4.78 is 0. The molecule has 1 amide bonds. The molecule has 1 aromatic rings. The van der Waals surface area contributed by atoms with E-state index in [1.165, 1.54) is 4.88 Å². The minimum atomic E-state index is -0.293. The van der Waals surface area contributed by atoms with E-state index in [-0.39, 0.29) is 18.0 Å². The van der Waals surface area contributed by atoms with E-state index in [2.05, 4.69) is 11.9 Å². The number of hydrogen-bond donors (Lipinski definition) is 1. The molecule has 4 nitrogen and oxygen atoms in total. The van der Waals surface area contributed by atoms with E-state index in [0.717, 1.165) is 11.4 Å². The van der Waals surface area contributed by atoms with Crippen molar-refractivity contribution in [1.82, 2.24) is 9.88 Å². The highest BCUT2D eigenvalue weighted by Gasteiger charge is 2.37. The maximum Gasteiger partial charge on any atom is 0.241 e. The molecule has 2 atom stereocenters. The summed E-state index contributed by atoms with van der Waals surface area (Å²) >= 11 is 1.68. The van der Waals surface area contributed by atoms with Gasteiger partial charge in [-0.2, -0.15) is 0 Å². The van der Waals surface area contributed by atoms with Gasteiger partial charge >= 0.3 is 0 Å². The number of hydrogen-bond acceptors (Lipinski definition) is 4. The van der Waals surface area contributed by atoms with Crippen LogP contribution in [0.3, 0.4) is 0 Å². The number of nitrogens with zero attached hydrogens (tertiary/aromatic N) is 2. The molecule has 5 heteroatoms. The molecule has 0 aromatic carbocycles. The Kier molecular flexibility index (Phi) is 2.75. The van der Waals surface area contributed by atoms with E-state index in [9.17, 15) is 4.79 Å². The van der Waals surface area contributed by atoms with E-state index in [1.807, 2.05) is 13.1 Å². The van der Waals surface area contributed by atoms with Gasteiger partial charge in [-0.3, -0.25) is 4.79 Å². The molecule has 0 radical (unpaired) electrons. The number of nitrogens with two attached hydrogens (primary N) is 1. The minimum absolute atomic E-state index is 0.0377. The topological polar surface area (TPSA) is 59.2 Å². The number of amides is 1. The largest absolute Gasteiger partial charge is 0.330 e. The van der Waals surface area contributed by atoms with Crippen molar-refractivity contribution in [2.45, 2.75) is 32.4 Å². The number of aromatic nitrogens is 1. The van der Waals surface area contributed by atoms with Crippen LogP contribution in [0, 0.1) is 0 Å². The van der Waals surface area contributed by atoms with Crippen LogP contribution in [0.1, 0.15) is 29.8 Å². The van der Waals surface area contributed by atoms with E-state index in [0.29, 0.717) is 6.54 Å². The maximum absolute atomic E-state index is 11.4. The van der Waals surface area contributed by atoms with Crippen LogP contribution in [0.15, 0.2) is 6.20 Å². The molecule has 2 unspecified atom stereocenters. The fourth-order valence-electron chi connectivity index (χ4n) is 1.64. The number of likely N-dealkylation sites (tertiary alicyclic amines) is 1. The third-order valence-electron chi connectivity index (χ3n) is 2.74. The third kappa shape index (κ3) is 1.77. The Morgan fingerprint density at radius 3 is 3.00 bits per heavy atom. The van der Waals surface area contributed by atoms with E-state index >= 15 is 0 Å². The second-order valence-electron chi connectivity index (χ2n) is 3.79. The molecule has 0 bridgehead atoms. The van der Waals surface area contributed by atoms with Crippen molar-refractivity contribution in [2.75, 3.05) is 6.54 Å². The summed E-state index contributed by atoms with van der Waals surface area (Å²) in [5.41, 5.74) is 5.55. The summed E-state index contributed by atoms with van der Waals surface area (Å²) in [6.07, 6.45) is 2.89. The smallest absolute Gasteiger partial charge is 0.241 e. The van der Waals surface area contributed by atoms with Crippen molar-refractivity contribution >= 4 is 17.2 Å². The van der Waals surface area contributed by atoms with Crippen LogP contribution < -0.4 is 5.73 Å². The van der Waals surface area contributed by atoms with Crippen molar-refractivity contribution in [3.05, 3.63) is 16.1 Å². The van der Waals surface area contributed by atoms with Gasteiger partial charge in [0.1, 0.15) is 11.0 Å². The molecule has 82 valence electrons. The number of aryl methyl sites for hydroxylation is 1. The van der Waals surface area contributed by atoms with E-state index < -0.39 is 0 Å². The van der Waals surface area contributed by atoms with Gasteiger partial charge in [0.2, 0.25) is 5.91 Å². The maximum atomic E-state index is 11.4. The number of rotatable bonds is 3. The molecule has 1 aromatic heterocycles. The molecule has 0 spiro atoms. The number of carbonyl (C=O) groups is 1. The first kappa shape index (κ1) is 10.6. The number of thiazole rings is 1. The Morgan fingerprint density at radius 1 is 1.80 bits per heavy atom. The first-order chi connectivity index (χ1) is 7.13. The lowest BCUT2D eigenvalue weighted by Crippen LogP contribution is -2.61. The van der Waals surface area contributed by atoms with Crippen LogP contribution in [-0.2, 0) is 11.2 Å². The average molecular weight is 225 g/mol. The van der Waals surface area contributed by atoms with E-state index in [1.54, 1.807) is 16.2 Å². The van der Waals surface area contributed by atoms with Crippen LogP contribution in [0.25, 0.3) is 0 Å². The Balaban J connectivity index is 2.08. The summed E-state index contributed by atoms with van der Waals surface area (Å²) in [6, 6.07) is -0.222. The molecule has 1 fully saturated rings. The molecule has 0 saturated carbocycles. The number of β-lactam (4-membered cyclic amide) rings is 1. The van der Waals surface area contributed by atoms with Gasteiger partial charge < -0.3 is 10.6 Å². The molecular formula is C10H15N3OS. The molecule has 0 aliphatic carbocycles. The van der Waals surface area contributed by atoms with Crippen molar-refractivity contribution in [1.29, 1.82) is 0 Å². The van der Waals surface area contributed by atoms with Crippen molar-refractivity contribution < 1.29 is 4.79 Å². The van der Waals surface area contributed by atoms with Crippen LogP contribution in [-0.4, -0.2) is 28.4 Å². The van der Waals surface area contributed by atoms with Crippen LogP contribution in [0.4, 0.5) is 0 Å². The average Bonchev–Trinajstić information content (AvgIpc) is 2.72. The molecule has 1 aliphatic heterocycles. The van der Waals surface area contributed by atoms with Crippen LogP contribution in [0.5, 0.6) is 0 Å². The predicted octanol–water partition coefficient (Wildman–Crippen LogP) is 0.936. The number of carbonyl (C=O) groups excluding carboxylic acids is 1. The van der Waals surface area contributed by atoms with Gasteiger partial charge in [0.05, 0.1) is 6.04 Å². The highest BCUT2D eigenvalue weighted by Crippen LogP contribution is 2.28. The Hall–Kier alpha value is -0.940. The SMILES string of the molecule is CCc1cnc(C(C)N2CC(N)C2=O)s1. The Labute approximate surface area is 93.1 Å². The molecule has 2 rings (SSSR count). The summed E-state index contributed by atoms with van der Waals surface area (Å²) in [5.74, 6) is 0.0377. The Bertz CT molecular complexity index is 376. The first-order valence-electron chi connectivity index (χ1n) is 5.14. The van der Waals surface area contributed by atoms with Gasteiger partial charge in [0, 0.05) is 17.6 Å².